The molecule has 4 nitrogen and oxygen atoms in total. The van der Waals surface area contributed by atoms with E-state index in [1.54, 1.807) is 12.1 Å². The molecule has 25 heavy (non-hydrogen) atoms. The molecule has 0 aromatic heterocycles. The zero-order chi connectivity index (χ0) is 18.6. The van der Waals surface area contributed by atoms with Crippen molar-refractivity contribution in [3.8, 4) is 11.5 Å². The molecule has 0 aliphatic heterocycles. The molecule has 0 radical (unpaired) electrons. The number of rotatable bonds is 6. The fourth-order valence-corrected chi connectivity index (χ4v) is 3.16. The highest BCUT2D eigenvalue weighted by atomic mass is 35.5. The normalized spacial score (nSPS) is 12.8. The first-order valence-corrected chi connectivity index (χ1v) is 8.52. The van der Waals surface area contributed by atoms with E-state index in [1.165, 1.54) is 32.4 Å². The number of halogens is 4. The van der Waals surface area contributed by atoms with Crippen molar-refractivity contribution in [2.45, 2.75) is 17.6 Å². The first-order chi connectivity index (χ1) is 11.8. The van der Waals surface area contributed by atoms with Gasteiger partial charge in [0.05, 0.1) is 42.7 Å². The van der Waals surface area contributed by atoms with Crippen molar-refractivity contribution in [2.75, 3.05) is 14.2 Å². The molecule has 1 unspecified atom stereocenters. The predicted octanol–water partition coefficient (Wildman–Crippen LogP) is 4.19. The van der Waals surface area contributed by atoms with Gasteiger partial charge in [-0.05, 0) is 29.8 Å². The van der Waals surface area contributed by atoms with Crippen molar-refractivity contribution < 1.29 is 27.2 Å². The molecule has 2 rings (SSSR count). The quantitative estimate of drug-likeness (QED) is 0.748. The molecular formula is C16H15ClF3NO3S. The van der Waals surface area contributed by atoms with Crippen LogP contribution in [-0.4, -0.2) is 18.8 Å². The molecule has 0 fully saturated rings. The van der Waals surface area contributed by atoms with Crippen molar-refractivity contribution in [3.63, 3.8) is 0 Å². The summed E-state index contributed by atoms with van der Waals surface area (Å²) in [6.45, 7) is -0.0266. The Labute approximate surface area is 151 Å². The highest BCUT2D eigenvalue weighted by Gasteiger charge is 2.33. The van der Waals surface area contributed by atoms with Crippen LogP contribution in [0.2, 0.25) is 5.02 Å². The van der Waals surface area contributed by atoms with Crippen LogP contribution in [-0.2, 0) is 24.1 Å². The van der Waals surface area contributed by atoms with Crippen molar-refractivity contribution >= 4 is 23.0 Å². The van der Waals surface area contributed by atoms with Gasteiger partial charge in [0.25, 0.3) is 0 Å². The molecule has 0 bridgehead atoms. The zero-order valence-electron chi connectivity index (χ0n) is 13.3. The van der Waals surface area contributed by atoms with Gasteiger partial charge in [0, 0.05) is 6.07 Å². The second kappa shape index (κ2) is 8.18. The minimum absolute atomic E-state index is 0.0266. The number of methoxy groups -OCH3 is 2. The molecule has 0 saturated heterocycles. The van der Waals surface area contributed by atoms with Crippen molar-refractivity contribution in [3.05, 3.63) is 52.5 Å². The number of hydrogen-bond donors (Lipinski definition) is 1. The Morgan fingerprint density at radius 3 is 2.36 bits per heavy atom. The third-order valence-corrected chi connectivity index (χ3v) is 4.73. The van der Waals surface area contributed by atoms with E-state index in [1.807, 2.05) is 0 Å². The maximum absolute atomic E-state index is 12.9. The molecule has 0 heterocycles. The smallest absolute Gasteiger partial charge is 0.417 e. The average Bonchev–Trinajstić information content (AvgIpc) is 2.59. The largest absolute Gasteiger partial charge is 0.593 e. The van der Waals surface area contributed by atoms with Crippen LogP contribution in [0.25, 0.3) is 0 Å². The lowest BCUT2D eigenvalue weighted by Gasteiger charge is -2.14. The number of nitrogens with one attached hydrogen (secondary N) is 1. The summed E-state index contributed by atoms with van der Waals surface area (Å²) in [5.41, 5.74) is -0.615. The lowest BCUT2D eigenvalue weighted by Crippen LogP contribution is -2.23. The van der Waals surface area contributed by atoms with Gasteiger partial charge in [0.2, 0.25) is 0 Å². The summed E-state index contributed by atoms with van der Waals surface area (Å²) < 4.78 is 63.7. The van der Waals surface area contributed by atoms with Gasteiger partial charge in [-0.15, -0.1) is 4.72 Å². The second-order valence-corrected chi connectivity index (χ2v) is 6.62. The Morgan fingerprint density at radius 1 is 1.08 bits per heavy atom. The third-order valence-electron chi connectivity index (χ3n) is 3.31. The Hall–Kier alpha value is -1.61. The Kier molecular flexibility index (Phi) is 6.45. The van der Waals surface area contributed by atoms with Gasteiger partial charge in [-0.25, -0.2) is 0 Å². The highest BCUT2D eigenvalue weighted by molar-refractivity contribution is 7.89. The molecule has 1 N–H and O–H groups in total. The topological polar surface area (TPSA) is 53.5 Å². The molecule has 0 aliphatic rings. The molecule has 0 aliphatic carbocycles. The van der Waals surface area contributed by atoms with Crippen molar-refractivity contribution in [1.82, 2.24) is 4.72 Å². The van der Waals surface area contributed by atoms with E-state index in [0.29, 0.717) is 22.0 Å². The standard InChI is InChI=1S/C16H15ClF3NO3S/c1-23-14-6-4-11(8-15(14)24-2)25(22)21-9-10-3-5-13(17)12(7-10)16(18,19)20/h3-8,21H,9H2,1-2H3. The first-order valence-electron chi connectivity index (χ1n) is 6.99. The van der Waals surface area contributed by atoms with Gasteiger partial charge in [-0.2, -0.15) is 13.2 Å². The molecule has 0 spiro atoms. The summed E-state index contributed by atoms with van der Waals surface area (Å²) in [4.78, 5) is 0.405. The third kappa shape index (κ3) is 4.94. The first kappa shape index (κ1) is 19.7. The Morgan fingerprint density at radius 2 is 1.76 bits per heavy atom. The van der Waals surface area contributed by atoms with E-state index in [9.17, 15) is 17.7 Å². The fourth-order valence-electron chi connectivity index (χ4n) is 2.06. The summed E-state index contributed by atoms with van der Waals surface area (Å²) in [6.07, 6.45) is -4.55. The molecule has 1 atom stereocenters. The number of ether oxygens (including phenoxy) is 2. The van der Waals surface area contributed by atoms with Gasteiger partial charge < -0.3 is 14.0 Å². The lowest BCUT2D eigenvalue weighted by molar-refractivity contribution is -0.137. The van der Waals surface area contributed by atoms with Crippen molar-refractivity contribution in [1.29, 1.82) is 0 Å². The highest BCUT2D eigenvalue weighted by Crippen LogP contribution is 2.35. The molecule has 136 valence electrons. The van der Waals surface area contributed by atoms with E-state index in [-0.39, 0.29) is 11.6 Å². The maximum Gasteiger partial charge on any atom is 0.417 e. The minimum atomic E-state index is -4.55. The fraction of sp³-hybridized carbons (Fsp3) is 0.250. The van der Waals surface area contributed by atoms with E-state index in [4.69, 9.17) is 21.1 Å². The zero-order valence-corrected chi connectivity index (χ0v) is 14.9. The Bertz CT molecular complexity index is 743. The van der Waals surface area contributed by atoms with Gasteiger partial charge >= 0.3 is 6.18 Å². The Balaban J connectivity index is 2.11. The molecule has 9 heteroatoms. The number of hydrogen-bond acceptors (Lipinski definition) is 4. The summed E-state index contributed by atoms with van der Waals surface area (Å²) in [5, 5.41) is -0.378. The van der Waals surface area contributed by atoms with Crippen molar-refractivity contribution in [2.24, 2.45) is 0 Å². The summed E-state index contributed by atoms with van der Waals surface area (Å²) in [6, 6.07) is 8.24. The number of alkyl halides is 3. The molecule has 2 aromatic rings. The van der Waals surface area contributed by atoms with E-state index < -0.39 is 23.1 Å². The second-order valence-electron chi connectivity index (χ2n) is 4.92. The van der Waals surface area contributed by atoms with Crippen LogP contribution < -0.4 is 14.2 Å². The average molecular weight is 394 g/mol. The molecule has 2 aromatic carbocycles. The van der Waals surface area contributed by atoms with Crippen LogP contribution >= 0.6 is 11.6 Å². The van der Waals surface area contributed by atoms with E-state index in [2.05, 4.69) is 4.72 Å². The summed E-state index contributed by atoms with van der Waals surface area (Å²) >= 11 is 3.94. The summed E-state index contributed by atoms with van der Waals surface area (Å²) in [7, 11) is 2.93. The van der Waals surface area contributed by atoms with E-state index in [0.717, 1.165) is 6.07 Å². The van der Waals surface area contributed by atoms with Crippen LogP contribution in [0.15, 0.2) is 41.3 Å². The molecular weight excluding hydrogens is 379 g/mol. The van der Waals surface area contributed by atoms with Crippen LogP contribution in [0.5, 0.6) is 11.5 Å². The minimum Gasteiger partial charge on any atom is -0.593 e. The molecule has 0 amide bonds. The number of benzene rings is 2. The van der Waals surface area contributed by atoms with E-state index >= 15 is 0 Å². The maximum atomic E-state index is 12.9. The molecule has 0 saturated carbocycles. The van der Waals surface area contributed by atoms with Crippen LogP contribution in [0.3, 0.4) is 0 Å². The SMILES string of the molecule is COc1ccc([S+]([O-])NCc2ccc(Cl)c(C(F)(F)F)c2)cc1OC. The monoisotopic (exact) mass is 393 g/mol. The van der Waals surface area contributed by atoms with Gasteiger partial charge in [-0.1, -0.05) is 17.7 Å². The van der Waals surface area contributed by atoms with Crippen LogP contribution in [0.4, 0.5) is 13.2 Å². The van der Waals surface area contributed by atoms with Crippen LogP contribution in [0.1, 0.15) is 11.1 Å². The summed E-state index contributed by atoms with van der Waals surface area (Å²) in [5.74, 6) is 0.886. The van der Waals surface area contributed by atoms with Gasteiger partial charge in [0.1, 0.15) is 0 Å². The van der Waals surface area contributed by atoms with Gasteiger partial charge in [-0.3, -0.25) is 0 Å². The lowest BCUT2D eigenvalue weighted by atomic mass is 10.1. The van der Waals surface area contributed by atoms with Crippen LogP contribution in [0, 0.1) is 0 Å². The van der Waals surface area contributed by atoms with Gasteiger partial charge in [0.15, 0.2) is 16.4 Å². The predicted molar refractivity (Wildman–Crippen MR) is 89.2 cm³/mol.